The van der Waals surface area contributed by atoms with E-state index in [4.69, 9.17) is 10.5 Å². The van der Waals surface area contributed by atoms with Crippen LogP contribution in [0.2, 0.25) is 0 Å². The van der Waals surface area contributed by atoms with Gasteiger partial charge in [-0.05, 0) is 30.5 Å². The van der Waals surface area contributed by atoms with Crippen LogP contribution >= 0.6 is 0 Å². The summed E-state index contributed by atoms with van der Waals surface area (Å²) >= 11 is 0. The Balaban J connectivity index is 1.81. The number of amides is 1. The Morgan fingerprint density at radius 3 is 2.76 bits per heavy atom. The maximum Gasteiger partial charge on any atom is 0.224 e. The number of benzene rings is 1. The summed E-state index contributed by atoms with van der Waals surface area (Å²) in [7, 11) is 0. The molecule has 0 saturated carbocycles. The highest BCUT2D eigenvalue weighted by molar-refractivity contribution is 5.76. The average molecular weight is 234 g/mol. The molecule has 0 unspecified atom stereocenters. The number of carbonyl (C=O) groups is 1. The van der Waals surface area contributed by atoms with Crippen LogP contribution in [0.25, 0.3) is 0 Å². The molecule has 1 aliphatic rings. The zero-order valence-corrected chi connectivity index (χ0v) is 9.89. The van der Waals surface area contributed by atoms with Crippen LogP contribution in [0.5, 0.6) is 0 Å². The van der Waals surface area contributed by atoms with Crippen molar-refractivity contribution in [1.29, 1.82) is 0 Å². The van der Waals surface area contributed by atoms with Crippen molar-refractivity contribution in [2.24, 2.45) is 0 Å². The molecule has 0 spiro atoms. The van der Waals surface area contributed by atoms with Crippen molar-refractivity contribution in [3.63, 3.8) is 0 Å². The van der Waals surface area contributed by atoms with Crippen LogP contribution in [0.4, 0.5) is 5.69 Å². The Morgan fingerprint density at radius 2 is 2.12 bits per heavy atom. The second-order valence-corrected chi connectivity index (χ2v) is 4.29. The fraction of sp³-hybridized carbons (Fsp3) is 0.462. The summed E-state index contributed by atoms with van der Waals surface area (Å²) < 4.78 is 5.26. The Hall–Kier alpha value is -1.55. The second-order valence-electron chi connectivity index (χ2n) is 4.29. The van der Waals surface area contributed by atoms with E-state index in [2.05, 4.69) is 0 Å². The van der Waals surface area contributed by atoms with Gasteiger partial charge in [-0.3, -0.25) is 4.79 Å². The fourth-order valence-electron chi connectivity index (χ4n) is 1.89. The number of rotatable bonds is 3. The third kappa shape index (κ3) is 3.46. The first kappa shape index (κ1) is 11.9. The molecule has 92 valence electrons. The number of carbonyl (C=O) groups excluding carboxylic acids is 1. The molecule has 1 aliphatic heterocycles. The van der Waals surface area contributed by atoms with Gasteiger partial charge in [0.2, 0.25) is 5.91 Å². The van der Waals surface area contributed by atoms with Crippen LogP contribution in [0.15, 0.2) is 24.3 Å². The minimum Gasteiger partial charge on any atom is -0.399 e. The lowest BCUT2D eigenvalue weighted by molar-refractivity contribution is -0.140. The van der Waals surface area contributed by atoms with E-state index in [0.717, 1.165) is 37.2 Å². The van der Waals surface area contributed by atoms with Crippen LogP contribution in [-0.4, -0.2) is 30.7 Å². The summed E-state index contributed by atoms with van der Waals surface area (Å²) in [5.74, 6) is 0.168. The van der Waals surface area contributed by atoms with Crippen LogP contribution < -0.4 is 5.73 Å². The molecule has 0 aliphatic carbocycles. The normalized spacial score (nSPS) is 15.9. The molecular formula is C13H18N2O2. The number of nitrogens with two attached hydrogens (primary N) is 1. The standard InChI is InChI=1S/C13H18N2O2/c14-12-5-2-11(3-6-12)4-7-13(16)15-8-1-9-17-10-15/h2-3,5-6H,1,4,7-10,14H2. The summed E-state index contributed by atoms with van der Waals surface area (Å²) in [6, 6.07) is 7.66. The monoisotopic (exact) mass is 234 g/mol. The van der Waals surface area contributed by atoms with Gasteiger partial charge in [0, 0.05) is 18.7 Å². The van der Waals surface area contributed by atoms with E-state index in [1.807, 2.05) is 24.3 Å². The number of nitrogen functional groups attached to an aromatic ring is 1. The molecule has 1 fully saturated rings. The third-order valence-electron chi connectivity index (χ3n) is 2.92. The fourth-order valence-corrected chi connectivity index (χ4v) is 1.89. The van der Waals surface area contributed by atoms with Gasteiger partial charge in [-0.15, -0.1) is 0 Å². The molecule has 1 amide bonds. The Kier molecular flexibility index (Phi) is 3.98. The molecule has 1 saturated heterocycles. The quantitative estimate of drug-likeness (QED) is 0.804. The zero-order chi connectivity index (χ0) is 12.1. The molecule has 2 rings (SSSR count). The first-order valence-electron chi connectivity index (χ1n) is 5.95. The second kappa shape index (κ2) is 5.68. The van der Waals surface area contributed by atoms with E-state index >= 15 is 0 Å². The van der Waals surface area contributed by atoms with Crippen molar-refractivity contribution in [1.82, 2.24) is 4.90 Å². The predicted molar refractivity (Wildman–Crippen MR) is 66.3 cm³/mol. The summed E-state index contributed by atoms with van der Waals surface area (Å²) in [6.07, 6.45) is 2.23. The van der Waals surface area contributed by atoms with E-state index in [1.165, 1.54) is 0 Å². The molecule has 0 aromatic heterocycles. The van der Waals surface area contributed by atoms with Crippen LogP contribution in [-0.2, 0) is 16.0 Å². The Bertz CT molecular complexity index is 370. The van der Waals surface area contributed by atoms with Crippen LogP contribution in [0, 0.1) is 0 Å². The summed E-state index contributed by atoms with van der Waals surface area (Å²) in [6.45, 7) is 2.03. The highest BCUT2D eigenvalue weighted by Crippen LogP contribution is 2.10. The highest BCUT2D eigenvalue weighted by atomic mass is 16.5. The van der Waals surface area contributed by atoms with Gasteiger partial charge in [-0.2, -0.15) is 0 Å². The average Bonchev–Trinajstić information content (AvgIpc) is 2.39. The number of aryl methyl sites for hydroxylation is 1. The van der Waals surface area contributed by atoms with Gasteiger partial charge < -0.3 is 15.4 Å². The molecular weight excluding hydrogens is 216 g/mol. The lowest BCUT2D eigenvalue weighted by Crippen LogP contribution is -2.38. The SMILES string of the molecule is Nc1ccc(CCC(=O)N2CCCOC2)cc1. The first-order valence-corrected chi connectivity index (χ1v) is 5.95. The number of hydrogen-bond acceptors (Lipinski definition) is 3. The summed E-state index contributed by atoms with van der Waals surface area (Å²) in [5.41, 5.74) is 7.51. The Labute approximate surface area is 101 Å². The summed E-state index contributed by atoms with van der Waals surface area (Å²) in [4.78, 5) is 13.6. The van der Waals surface area contributed by atoms with E-state index in [9.17, 15) is 4.79 Å². The maximum atomic E-state index is 11.9. The number of hydrogen-bond donors (Lipinski definition) is 1. The first-order chi connectivity index (χ1) is 8.25. The minimum atomic E-state index is 0.168. The van der Waals surface area contributed by atoms with Gasteiger partial charge in [-0.25, -0.2) is 0 Å². The van der Waals surface area contributed by atoms with Gasteiger partial charge in [0.25, 0.3) is 0 Å². The van der Waals surface area contributed by atoms with Gasteiger partial charge in [-0.1, -0.05) is 12.1 Å². The zero-order valence-electron chi connectivity index (χ0n) is 9.89. The molecule has 0 radical (unpaired) electrons. The smallest absolute Gasteiger partial charge is 0.224 e. The van der Waals surface area contributed by atoms with Gasteiger partial charge in [0.15, 0.2) is 0 Å². The van der Waals surface area contributed by atoms with E-state index in [1.54, 1.807) is 4.90 Å². The van der Waals surface area contributed by atoms with Gasteiger partial charge in [0.1, 0.15) is 6.73 Å². The van der Waals surface area contributed by atoms with Crippen LogP contribution in [0.1, 0.15) is 18.4 Å². The van der Waals surface area contributed by atoms with E-state index < -0.39 is 0 Å². The lowest BCUT2D eigenvalue weighted by Gasteiger charge is -2.26. The number of anilines is 1. The molecule has 0 bridgehead atoms. The van der Waals surface area contributed by atoms with Crippen molar-refractivity contribution in [2.45, 2.75) is 19.3 Å². The molecule has 1 aromatic carbocycles. The van der Waals surface area contributed by atoms with E-state index in [0.29, 0.717) is 13.2 Å². The number of nitrogens with zero attached hydrogens (tertiary/aromatic N) is 1. The number of ether oxygens (including phenoxy) is 1. The predicted octanol–water partition coefficient (Wildman–Crippen LogP) is 1.41. The van der Waals surface area contributed by atoms with Crippen molar-refractivity contribution < 1.29 is 9.53 Å². The van der Waals surface area contributed by atoms with Gasteiger partial charge >= 0.3 is 0 Å². The van der Waals surface area contributed by atoms with Crippen molar-refractivity contribution in [3.8, 4) is 0 Å². The molecule has 1 aromatic rings. The van der Waals surface area contributed by atoms with Crippen molar-refractivity contribution >= 4 is 11.6 Å². The Morgan fingerprint density at radius 1 is 1.35 bits per heavy atom. The molecule has 2 N–H and O–H groups in total. The third-order valence-corrected chi connectivity index (χ3v) is 2.92. The maximum absolute atomic E-state index is 11.9. The highest BCUT2D eigenvalue weighted by Gasteiger charge is 2.16. The largest absolute Gasteiger partial charge is 0.399 e. The topological polar surface area (TPSA) is 55.6 Å². The van der Waals surface area contributed by atoms with E-state index in [-0.39, 0.29) is 5.91 Å². The minimum absolute atomic E-state index is 0.168. The van der Waals surface area contributed by atoms with Crippen LogP contribution in [0.3, 0.4) is 0 Å². The molecule has 0 atom stereocenters. The van der Waals surface area contributed by atoms with Gasteiger partial charge in [0.05, 0.1) is 6.61 Å². The molecule has 1 heterocycles. The van der Waals surface area contributed by atoms with Crippen molar-refractivity contribution in [3.05, 3.63) is 29.8 Å². The summed E-state index contributed by atoms with van der Waals surface area (Å²) in [5, 5.41) is 0. The lowest BCUT2D eigenvalue weighted by atomic mass is 10.1. The molecule has 4 nitrogen and oxygen atoms in total. The van der Waals surface area contributed by atoms with Crippen molar-refractivity contribution in [2.75, 3.05) is 25.6 Å². The molecule has 17 heavy (non-hydrogen) atoms. The molecule has 4 heteroatoms.